The molecule has 92 valence electrons. The lowest BCUT2D eigenvalue weighted by Crippen LogP contribution is -2.10. The Balaban J connectivity index is 3.33. The first-order valence-electron chi connectivity index (χ1n) is 4.31. The number of hydrogen-bond donors (Lipinski definition) is 0. The van der Waals surface area contributed by atoms with Crippen LogP contribution in [-0.4, -0.2) is 26.0 Å². The van der Waals surface area contributed by atoms with Crippen LogP contribution in [0.2, 0.25) is 0 Å². The Bertz CT molecular complexity index is 448. The van der Waals surface area contributed by atoms with Crippen molar-refractivity contribution in [2.24, 2.45) is 0 Å². The highest BCUT2D eigenvalue weighted by molar-refractivity contribution is 9.10. The van der Waals surface area contributed by atoms with Gasteiger partial charge in [-0.05, 0) is 28.1 Å². The predicted octanol–water partition coefficient (Wildman–Crippen LogP) is 2.65. The largest absolute Gasteiger partial charge is 0.465 e. The van der Waals surface area contributed by atoms with Crippen molar-refractivity contribution in [2.45, 2.75) is 6.61 Å². The summed E-state index contributed by atoms with van der Waals surface area (Å²) in [6, 6.07) is 2.37. The van der Waals surface area contributed by atoms with E-state index in [1.807, 2.05) is 0 Å². The van der Waals surface area contributed by atoms with Crippen LogP contribution in [0.4, 0.5) is 8.78 Å². The molecule has 17 heavy (non-hydrogen) atoms. The van der Waals surface area contributed by atoms with Gasteiger partial charge in [0.05, 0.1) is 11.6 Å². The van der Waals surface area contributed by atoms with Crippen molar-refractivity contribution >= 4 is 28.2 Å². The second kappa shape index (κ2) is 5.72. The zero-order valence-electron chi connectivity index (χ0n) is 8.58. The quantitative estimate of drug-likeness (QED) is 0.634. The maximum absolute atomic E-state index is 12.2. The van der Waals surface area contributed by atoms with Crippen molar-refractivity contribution in [1.29, 1.82) is 0 Å². The highest BCUT2D eigenvalue weighted by Gasteiger charge is 2.20. The number of esters is 1. The van der Waals surface area contributed by atoms with Gasteiger partial charge in [0.2, 0.25) is 0 Å². The fourth-order valence-electron chi connectivity index (χ4n) is 1.15. The van der Waals surface area contributed by atoms with Crippen LogP contribution in [0, 0.1) is 0 Å². The first-order valence-corrected chi connectivity index (χ1v) is 5.10. The van der Waals surface area contributed by atoms with Crippen molar-refractivity contribution in [3.05, 3.63) is 27.7 Å². The lowest BCUT2D eigenvalue weighted by Gasteiger charge is -2.11. The summed E-state index contributed by atoms with van der Waals surface area (Å²) in [5, 5.41) is 0. The van der Waals surface area contributed by atoms with Gasteiger partial charge in [-0.2, -0.15) is 8.78 Å². The van der Waals surface area contributed by atoms with E-state index in [0.29, 0.717) is 6.29 Å². The maximum Gasteiger partial charge on any atom is 0.387 e. The lowest BCUT2D eigenvalue weighted by molar-refractivity contribution is -0.0509. The number of carbonyl (C=O) groups is 2. The van der Waals surface area contributed by atoms with Crippen LogP contribution < -0.4 is 4.74 Å². The van der Waals surface area contributed by atoms with Crippen LogP contribution in [-0.2, 0) is 4.74 Å². The van der Waals surface area contributed by atoms with Crippen LogP contribution in [0.1, 0.15) is 20.7 Å². The molecule has 0 atom stereocenters. The summed E-state index contributed by atoms with van der Waals surface area (Å²) >= 11 is 2.94. The predicted molar refractivity (Wildman–Crippen MR) is 57.5 cm³/mol. The second-order valence-electron chi connectivity index (χ2n) is 2.87. The maximum atomic E-state index is 12.2. The highest BCUT2D eigenvalue weighted by atomic mass is 79.9. The van der Waals surface area contributed by atoms with Crippen molar-refractivity contribution in [3.8, 4) is 5.75 Å². The van der Waals surface area contributed by atoms with E-state index >= 15 is 0 Å². The Morgan fingerprint density at radius 2 is 2.12 bits per heavy atom. The third kappa shape index (κ3) is 3.23. The summed E-state index contributed by atoms with van der Waals surface area (Å²) in [6.45, 7) is -3.09. The SMILES string of the molecule is COC(=O)c1cc(C=O)cc(Br)c1OC(F)F. The standard InChI is InChI=1S/C10H7BrF2O4/c1-16-9(15)6-2-5(4-14)3-7(11)8(6)17-10(12)13/h2-4,10H,1H3. The number of methoxy groups -OCH3 is 1. The Kier molecular flexibility index (Phi) is 4.56. The van der Waals surface area contributed by atoms with Gasteiger partial charge in [0.25, 0.3) is 0 Å². The Hall–Kier alpha value is -1.50. The van der Waals surface area contributed by atoms with Gasteiger partial charge in [0.15, 0.2) is 5.75 Å². The molecule has 0 amide bonds. The monoisotopic (exact) mass is 308 g/mol. The van der Waals surface area contributed by atoms with E-state index in [2.05, 4.69) is 25.4 Å². The summed E-state index contributed by atoms with van der Waals surface area (Å²) in [6.07, 6.45) is 0.476. The normalized spacial score (nSPS) is 10.2. The first kappa shape index (κ1) is 13.6. The number of ether oxygens (including phenoxy) is 2. The average Bonchev–Trinajstić information content (AvgIpc) is 2.29. The number of carbonyl (C=O) groups excluding carboxylic acids is 2. The summed E-state index contributed by atoms with van der Waals surface area (Å²) in [7, 11) is 1.09. The van der Waals surface area contributed by atoms with Crippen LogP contribution in [0.25, 0.3) is 0 Å². The Morgan fingerprint density at radius 3 is 2.59 bits per heavy atom. The number of alkyl halides is 2. The molecule has 0 heterocycles. The number of aldehydes is 1. The zero-order chi connectivity index (χ0) is 13.0. The van der Waals surface area contributed by atoms with Crippen molar-refractivity contribution in [2.75, 3.05) is 7.11 Å². The molecular weight excluding hydrogens is 302 g/mol. The van der Waals surface area contributed by atoms with Crippen molar-refractivity contribution in [3.63, 3.8) is 0 Å². The number of hydrogen-bond acceptors (Lipinski definition) is 4. The molecule has 4 nitrogen and oxygen atoms in total. The van der Waals surface area contributed by atoms with E-state index in [-0.39, 0.29) is 21.3 Å². The molecule has 7 heteroatoms. The van der Waals surface area contributed by atoms with Crippen LogP contribution in [0.15, 0.2) is 16.6 Å². The molecule has 0 N–H and O–H groups in total. The first-order chi connectivity index (χ1) is 7.99. The van der Waals surface area contributed by atoms with Gasteiger partial charge < -0.3 is 9.47 Å². The molecule has 0 unspecified atom stereocenters. The Morgan fingerprint density at radius 1 is 1.47 bits per heavy atom. The molecule has 1 aromatic rings. The topological polar surface area (TPSA) is 52.6 Å². The molecule has 1 rings (SSSR count). The summed E-state index contributed by atoms with van der Waals surface area (Å²) < 4.78 is 33.0. The molecule has 0 aromatic heterocycles. The molecule has 0 spiro atoms. The van der Waals surface area contributed by atoms with Gasteiger partial charge in [0.1, 0.15) is 11.8 Å². The van der Waals surface area contributed by atoms with Gasteiger partial charge in [-0.25, -0.2) is 4.79 Å². The van der Waals surface area contributed by atoms with Crippen LogP contribution in [0.3, 0.4) is 0 Å². The van der Waals surface area contributed by atoms with Crippen molar-refractivity contribution in [1.82, 2.24) is 0 Å². The van der Waals surface area contributed by atoms with Crippen LogP contribution >= 0.6 is 15.9 Å². The lowest BCUT2D eigenvalue weighted by atomic mass is 10.1. The molecule has 0 fully saturated rings. The molecule has 0 aliphatic carbocycles. The van der Waals surface area contributed by atoms with Gasteiger partial charge in [0, 0.05) is 5.56 Å². The minimum atomic E-state index is -3.09. The van der Waals surface area contributed by atoms with Crippen molar-refractivity contribution < 1.29 is 27.8 Å². The number of rotatable bonds is 4. The molecule has 1 aromatic carbocycles. The van der Waals surface area contributed by atoms with E-state index in [1.165, 1.54) is 6.07 Å². The molecule has 0 aliphatic rings. The average molecular weight is 309 g/mol. The van der Waals surface area contributed by atoms with Gasteiger partial charge in [-0.1, -0.05) is 0 Å². The summed E-state index contributed by atoms with van der Waals surface area (Å²) in [4.78, 5) is 21.9. The smallest absolute Gasteiger partial charge is 0.387 e. The molecule has 0 aliphatic heterocycles. The molecule has 0 radical (unpaired) electrons. The van der Waals surface area contributed by atoms with Crippen LogP contribution in [0.5, 0.6) is 5.75 Å². The minimum Gasteiger partial charge on any atom is -0.465 e. The van der Waals surface area contributed by atoms with E-state index in [0.717, 1.165) is 13.2 Å². The molecule has 0 saturated carbocycles. The van der Waals surface area contributed by atoms with E-state index < -0.39 is 12.6 Å². The number of benzene rings is 1. The Labute approximate surface area is 104 Å². The number of halogens is 3. The summed E-state index contributed by atoms with van der Waals surface area (Å²) in [5.74, 6) is -1.23. The molecule has 0 saturated heterocycles. The van der Waals surface area contributed by atoms with Gasteiger partial charge in [-0.15, -0.1) is 0 Å². The highest BCUT2D eigenvalue weighted by Crippen LogP contribution is 2.32. The molecule has 0 bridgehead atoms. The fourth-order valence-corrected chi connectivity index (χ4v) is 1.72. The fraction of sp³-hybridized carbons (Fsp3) is 0.200. The molecular formula is C10H7BrF2O4. The second-order valence-corrected chi connectivity index (χ2v) is 3.72. The van der Waals surface area contributed by atoms with E-state index in [4.69, 9.17) is 0 Å². The summed E-state index contributed by atoms with van der Waals surface area (Å²) in [5.41, 5.74) is -0.108. The zero-order valence-corrected chi connectivity index (χ0v) is 10.2. The van der Waals surface area contributed by atoms with Gasteiger partial charge >= 0.3 is 12.6 Å². The third-order valence-electron chi connectivity index (χ3n) is 1.81. The van der Waals surface area contributed by atoms with E-state index in [1.54, 1.807) is 0 Å². The minimum absolute atomic E-state index is 0.0720. The third-order valence-corrected chi connectivity index (χ3v) is 2.40. The van der Waals surface area contributed by atoms with Gasteiger partial charge in [-0.3, -0.25) is 4.79 Å². The van der Waals surface area contributed by atoms with E-state index in [9.17, 15) is 18.4 Å².